The van der Waals surface area contributed by atoms with Crippen molar-refractivity contribution in [2.75, 3.05) is 13.7 Å². The predicted molar refractivity (Wildman–Crippen MR) is 128 cm³/mol. The van der Waals surface area contributed by atoms with Crippen LogP contribution in [0.4, 0.5) is 4.79 Å². The largest absolute Gasteiger partial charge is 0.481 e. The summed E-state index contributed by atoms with van der Waals surface area (Å²) in [5.41, 5.74) is 1.25. The number of alkyl carbamates (subject to hydrolysis) is 1. The van der Waals surface area contributed by atoms with E-state index >= 15 is 0 Å². The number of benzene rings is 1. The second-order valence-electron chi connectivity index (χ2n) is 9.38. The number of amides is 1. The Kier molecular flexibility index (Phi) is 7.30. The van der Waals surface area contributed by atoms with Crippen molar-refractivity contribution in [1.29, 1.82) is 0 Å². The van der Waals surface area contributed by atoms with Crippen LogP contribution in [0.15, 0.2) is 30.8 Å². The lowest BCUT2D eigenvalue weighted by Crippen LogP contribution is -2.51. The molecule has 1 amide bonds. The van der Waals surface area contributed by atoms with Gasteiger partial charge >= 0.3 is 12.1 Å². The first-order valence-electron chi connectivity index (χ1n) is 11.5. The minimum absolute atomic E-state index is 0.279. The lowest BCUT2D eigenvalue weighted by molar-refractivity contribution is 0.0462. The maximum Gasteiger partial charge on any atom is 0.408 e. The fourth-order valence-electron chi connectivity index (χ4n) is 4.36. The van der Waals surface area contributed by atoms with E-state index in [9.17, 15) is 9.59 Å². The molecular weight excluding hydrogens is 420 g/mol. The highest BCUT2D eigenvalue weighted by molar-refractivity contribution is 6.07. The average molecular weight is 455 g/mol. The van der Waals surface area contributed by atoms with Crippen molar-refractivity contribution in [3.63, 3.8) is 0 Å². The van der Waals surface area contributed by atoms with Crippen LogP contribution in [-0.2, 0) is 9.47 Å². The van der Waals surface area contributed by atoms with Crippen molar-refractivity contribution in [1.82, 2.24) is 10.3 Å². The quantitative estimate of drug-likeness (QED) is 0.567. The number of pyridine rings is 1. The molecule has 3 rings (SSSR count). The van der Waals surface area contributed by atoms with E-state index in [0.717, 1.165) is 43.2 Å². The number of esters is 1. The van der Waals surface area contributed by atoms with Gasteiger partial charge in [-0.15, -0.1) is 0 Å². The molecule has 0 aliphatic heterocycles. The Morgan fingerprint density at radius 2 is 1.76 bits per heavy atom. The summed E-state index contributed by atoms with van der Waals surface area (Å²) in [6.45, 7) is 12.0. The number of rotatable bonds is 6. The smallest absolute Gasteiger partial charge is 0.408 e. The summed E-state index contributed by atoms with van der Waals surface area (Å²) < 4.78 is 16.1. The Labute approximate surface area is 195 Å². The zero-order valence-corrected chi connectivity index (χ0v) is 20.2. The van der Waals surface area contributed by atoms with Gasteiger partial charge in [0.2, 0.25) is 5.88 Å². The zero-order valence-electron chi connectivity index (χ0n) is 20.2. The number of carbonyl (C=O) groups excluding carboxylic acids is 2. The molecule has 7 heteroatoms. The maximum atomic E-state index is 12.8. The third-order valence-corrected chi connectivity index (χ3v) is 5.89. The van der Waals surface area contributed by atoms with Gasteiger partial charge in [-0.1, -0.05) is 31.9 Å². The number of hydrogen-bond donors (Lipinski definition) is 1. The van der Waals surface area contributed by atoms with Crippen LogP contribution in [0.25, 0.3) is 16.5 Å². The van der Waals surface area contributed by atoms with Gasteiger partial charge in [-0.05, 0) is 58.2 Å². The second-order valence-corrected chi connectivity index (χ2v) is 9.38. The third-order valence-electron chi connectivity index (χ3n) is 5.89. The summed E-state index contributed by atoms with van der Waals surface area (Å²) in [6.07, 6.45) is 4.05. The molecule has 0 saturated heterocycles. The molecule has 1 heterocycles. The molecule has 0 bridgehead atoms. The predicted octanol–water partition coefficient (Wildman–Crippen LogP) is 5.66. The minimum atomic E-state index is -0.663. The van der Waals surface area contributed by atoms with Crippen LogP contribution >= 0.6 is 0 Å². The number of nitrogens with zero attached hydrogens (tertiary/aromatic N) is 1. The fourth-order valence-corrected chi connectivity index (χ4v) is 4.36. The van der Waals surface area contributed by atoms with Crippen LogP contribution in [0, 0.1) is 0 Å². The number of methoxy groups -OCH3 is 1. The van der Waals surface area contributed by atoms with Gasteiger partial charge in [0.1, 0.15) is 5.60 Å². The first-order chi connectivity index (χ1) is 15.6. The highest BCUT2D eigenvalue weighted by atomic mass is 16.6. The molecule has 33 heavy (non-hydrogen) atoms. The molecule has 178 valence electrons. The number of carbonyl (C=O) groups is 2. The van der Waals surface area contributed by atoms with Crippen molar-refractivity contribution < 1.29 is 23.8 Å². The Morgan fingerprint density at radius 1 is 1.09 bits per heavy atom. The summed E-state index contributed by atoms with van der Waals surface area (Å²) in [7, 11) is 1.55. The molecule has 1 aliphatic rings. The van der Waals surface area contributed by atoms with Crippen molar-refractivity contribution in [3.8, 4) is 5.88 Å². The number of hydrogen-bond acceptors (Lipinski definition) is 6. The van der Waals surface area contributed by atoms with Crippen LogP contribution in [0.1, 0.15) is 75.7 Å². The van der Waals surface area contributed by atoms with Gasteiger partial charge in [-0.2, -0.15) is 0 Å². The maximum absolute atomic E-state index is 12.8. The van der Waals surface area contributed by atoms with Crippen molar-refractivity contribution in [3.05, 3.63) is 42.0 Å². The Balaban J connectivity index is 2.10. The SMILES string of the molecule is C=C(c1ccc(C(=O)OCC)c2ccc(OC)nc12)C1(NC(=O)OC(C)(C)C)CCCCC1. The van der Waals surface area contributed by atoms with E-state index in [1.807, 2.05) is 26.8 Å². The van der Waals surface area contributed by atoms with Crippen LogP contribution < -0.4 is 10.1 Å². The number of ether oxygens (including phenoxy) is 3. The molecule has 2 aromatic rings. The van der Waals surface area contributed by atoms with Gasteiger partial charge in [0.25, 0.3) is 0 Å². The molecule has 1 aliphatic carbocycles. The highest BCUT2D eigenvalue weighted by Crippen LogP contribution is 2.41. The molecule has 1 saturated carbocycles. The number of aromatic nitrogens is 1. The average Bonchev–Trinajstić information content (AvgIpc) is 2.76. The molecule has 0 unspecified atom stereocenters. The molecule has 1 aromatic carbocycles. The van der Waals surface area contributed by atoms with E-state index in [-0.39, 0.29) is 6.61 Å². The van der Waals surface area contributed by atoms with Crippen molar-refractivity contribution >= 4 is 28.5 Å². The summed E-state index contributed by atoms with van der Waals surface area (Å²) in [5.74, 6) is 0.0150. The molecule has 0 atom stereocenters. The summed E-state index contributed by atoms with van der Waals surface area (Å²) in [6, 6.07) is 7.08. The first kappa shape index (κ1) is 24.6. The molecule has 1 aromatic heterocycles. The van der Waals surface area contributed by atoms with Gasteiger partial charge in [0.15, 0.2) is 0 Å². The van der Waals surface area contributed by atoms with E-state index in [2.05, 4.69) is 16.9 Å². The molecule has 0 radical (unpaired) electrons. The molecule has 1 fully saturated rings. The van der Waals surface area contributed by atoms with Gasteiger partial charge in [-0.3, -0.25) is 0 Å². The Hall–Kier alpha value is -3.09. The highest BCUT2D eigenvalue weighted by Gasteiger charge is 2.39. The monoisotopic (exact) mass is 454 g/mol. The normalized spacial score (nSPS) is 15.5. The summed E-state index contributed by atoms with van der Waals surface area (Å²) in [4.78, 5) is 30.0. The molecule has 7 nitrogen and oxygen atoms in total. The standard InChI is InChI=1S/C26H34N2O5/c1-7-32-23(29)20-12-11-18(22-19(20)13-14-21(27-22)31-6)17(2)26(15-9-8-10-16-26)28-24(30)33-25(3,4)5/h11-14H,2,7-10,15-16H2,1,3-6H3,(H,28,30). The molecular formula is C26H34N2O5. The number of nitrogens with one attached hydrogen (secondary N) is 1. The van der Waals surface area contributed by atoms with E-state index < -0.39 is 23.2 Å². The van der Waals surface area contributed by atoms with E-state index in [0.29, 0.717) is 22.3 Å². The van der Waals surface area contributed by atoms with E-state index in [1.54, 1.807) is 32.2 Å². The van der Waals surface area contributed by atoms with Crippen LogP contribution in [0.3, 0.4) is 0 Å². The first-order valence-corrected chi connectivity index (χ1v) is 11.5. The van der Waals surface area contributed by atoms with Gasteiger partial charge in [-0.25, -0.2) is 14.6 Å². The topological polar surface area (TPSA) is 86.8 Å². The van der Waals surface area contributed by atoms with Crippen molar-refractivity contribution in [2.45, 2.75) is 70.9 Å². The van der Waals surface area contributed by atoms with Crippen LogP contribution in [-0.4, -0.2) is 41.9 Å². The van der Waals surface area contributed by atoms with Gasteiger partial charge in [0, 0.05) is 17.0 Å². The Morgan fingerprint density at radius 3 is 2.36 bits per heavy atom. The van der Waals surface area contributed by atoms with Gasteiger partial charge in [0.05, 0.1) is 30.3 Å². The molecule has 1 N–H and O–H groups in total. The summed E-state index contributed by atoms with van der Waals surface area (Å²) >= 11 is 0. The third kappa shape index (κ3) is 5.46. The minimum Gasteiger partial charge on any atom is -0.481 e. The Bertz CT molecular complexity index is 1050. The van der Waals surface area contributed by atoms with E-state index in [4.69, 9.17) is 14.2 Å². The fraction of sp³-hybridized carbons (Fsp3) is 0.500. The van der Waals surface area contributed by atoms with Crippen LogP contribution in [0.2, 0.25) is 0 Å². The van der Waals surface area contributed by atoms with Crippen molar-refractivity contribution in [2.24, 2.45) is 0 Å². The van der Waals surface area contributed by atoms with E-state index in [1.165, 1.54) is 0 Å². The molecule has 0 spiro atoms. The van der Waals surface area contributed by atoms with Crippen LogP contribution in [0.5, 0.6) is 5.88 Å². The zero-order chi connectivity index (χ0) is 24.2. The second kappa shape index (κ2) is 9.81. The number of fused-ring (bicyclic) bond motifs is 1. The summed E-state index contributed by atoms with van der Waals surface area (Å²) in [5, 5.41) is 3.78. The lowest BCUT2D eigenvalue weighted by atomic mass is 9.74. The lowest BCUT2D eigenvalue weighted by Gasteiger charge is -2.40. The van der Waals surface area contributed by atoms with Gasteiger partial charge < -0.3 is 19.5 Å².